The molecule has 0 aliphatic heterocycles. The zero-order valence-corrected chi connectivity index (χ0v) is 23.2. The summed E-state index contributed by atoms with van der Waals surface area (Å²) in [4.78, 5) is 21.6. The Morgan fingerprint density at radius 1 is 1.11 bits per heavy atom. The molecule has 36 heavy (non-hydrogen) atoms. The van der Waals surface area contributed by atoms with Gasteiger partial charge < -0.3 is 14.7 Å². The van der Waals surface area contributed by atoms with Gasteiger partial charge in [-0.3, -0.25) is 0 Å². The second-order valence-corrected chi connectivity index (χ2v) is 11.4. The first kappa shape index (κ1) is 25.9. The second-order valence-electron chi connectivity index (χ2n) is 9.28. The van der Waals surface area contributed by atoms with Crippen LogP contribution in [0, 0.1) is 12.8 Å². The quantitative estimate of drug-likeness (QED) is 0.242. The summed E-state index contributed by atoms with van der Waals surface area (Å²) in [7, 11) is 3.53. The number of nitrogens with zero attached hydrogens (tertiary/aromatic N) is 2. The van der Waals surface area contributed by atoms with E-state index in [2.05, 4.69) is 45.9 Å². The number of ether oxygens (including phenoxy) is 1. The Hall–Kier alpha value is -3.16. The van der Waals surface area contributed by atoms with Crippen LogP contribution in [-0.4, -0.2) is 30.2 Å². The maximum Gasteiger partial charge on any atom is 0.348 e. The lowest BCUT2D eigenvalue weighted by Gasteiger charge is -2.15. The van der Waals surface area contributed by atoms with E-state index >= 15 is 0 Å². The number of carboxylic acids is 1. The number of hydrogen-bond acceptors (Lipinski definition) is 6. The summed E-state index contributed by atoms with van der Waals surface area (Å²) in [5.41, 5.74) is 6.28. The van der Waals surface area contributed by atoms with Crippen LogP contribution in [-0.2, 0) is 12.8 Å². The molecular weight excluding hydrogens is 488 g/mol. The van der Waals surface area contributed by atoms with Gasteiger partial charge in [0.05, 0.1) is 18.5 Å². The standard InChI is InChI=1S/C29H32N2O3S2/c1-7-19-14-21(12-11-18(19)4)26-25(13-17(2)3)36-29(30-26)31(5)23-16-24(35-27(23)28(32)33)20-9-8-10-22(15-20)34-6/h8-12,14-17H,7,13H2,1-6H3,(H,32,33). The molecule has 2 heterocycles. The fourth-order valence-electron chi connectivity index (χ4n) is 4.22. The van der Waals surface area contributed by atoms with Crippen molar-refractivity contribution in [2.24, 2.45) is 5.92 Å². The van der Waals surface area contributed by atoms with Gasteiger partial charge in [-0.25, -0.2) is 9.78 Å². The maximum absolute atomic E-state index is 12.2. The monoisotopic (exact) mass is 520 g/mol. The van der Waals surface area contributed by atoms with Crippen molar-refractivity contribution < 1.29 is 14.6 Å². The molecule has 0 aliphatic carbocycles. The number of thiophene rings is 1. The highest BCUT2D eigenvalue weighted by molar-refractivity contribution is 7.18. The topological polar surface area (TPSA) is 62.7 Å². The largest absolute Gasteiger partial charge is 0.497 e. The molecule has 0 bridgehead atoms. The molecule has 0 fully saturated rings. The minimum Gasteiger partial charge on any atom is -0.497 e. The number of aromatic nitrogens is 1. The Morgan fingerprint density at radius 2 is 1.89 bits per heavy atom. The van der Waals surface area contributed by atoms with Gasteiger partial charge in [-0.1, -0.05) is 45.0 Å². The van der Waals surface area contributed by atoms with Gasteiger partial charge in [-0.2, -0.15) is 0 Å². The minimum atomic E-state index is -0.943. The highest BCUT2D eigenvalue weighted by atomic mass is 32.1. The van der Waals surface area contributed by atoms with Crippen molar-refractivity contribution in [2.45, 2.75) is 40.5 Å². The van der Waals surface area contributed by atoms with Gasteiger partial charge in [0.25, 0.3) is 0 Å². The fraction of sp³-hybridized carbons (Fsp3) is 0.310. The molecule has 2 aromatic carbocycles. The van der Waals surface area contributed by atoms with Crippen molar-refractivity contribution in [3.63, 3.8) is 0 Å². The number of carboxylic acid groups (broad SMARTS) is 1. The molecule has 4 rings (SSSR count). The van der Waals surface area contributed by atoms with E-state index in [4.69, 9.17) is 9.72 Å². The molecule has 0 atom stereocenters. The molecule has 0 amide bonds. The van der Waals surface area contributed by atoms with E-state index in [9.17, 15) is 9.90 Å². The Labute approximate surface area is 221 Å². The molecule has 188 valence electrons. The minimum absolute atomic E-state index is 0.293. The van der Waals surface area contributed by atoms with E-state index in [0.29, 0.717) is 16.5 Å². The van der Waals surface area contributed by atoms with Gasteiger partial charge in [-0.05, 0) is 66.6 Å². The van der Waals surface area contributed by atoms with Crippen LogP contribution in [0.3, 0.4) is 0 Å². The van der Waals surface area contributed by atoms with Crippen LogP contribution >= 0.6 is 22.7 Å². The zero-order chi connectivity index (χ0) is 26.0. The number of methoxy groups -OCH3 is 1. The van der Waals surface area contributed by atoms with Gasteiger partial charge >= 0.3 is 5.97 Å². The van der Waals surface area contributed by atoms with Crippen LogP contribution in [0.4, 0.5) is 10.8 Å². The number of thiazole rings is 1. The average molecular weight is 521 g/mol. The molecule has 0 saturated heterocycles. The summed E-state index contributed by atoms with van der Waals surface area (Å²) in [6, 6.07) is 16.2. The molecule has 7 heteroatoms. The smallest absolute Gasteiger partial charge is 0.348 e. The molecule has 0 radical (unpaired) electrons. The SMILES string of the molecule is CCc1cc(-c2nc(N(C)c3cc(-c4cccc(OC)c4)sc3C(=O)O)sc2CC(C)C)ccc1C. The van der Waals surface area contributed by atoms with Crippen LogP contribution in [0.5, 0.6) is 5.75 Å². The van der Waals surface area contributed by atoms with Crippen LogP contribution < -0.4 is 9.64 Å². The van der Waals surface area contributed by atoms with Crippen LogP contribution in [0.1, 0.15) is 46.4 Å². The van der Waals surface area contributed by atoms with Crippen LogP contribution in [0.15, 0.2) is 48.5 Å². The Morgan fingerprint density at radius 3 is 2.56 bits per heavy atom. The van der Waals surface area contributed by atoms with E-state index in [1.54, 1.807) is 18.4 Å². The molecule has 4 aromatic rings. The summed E-state index contributed by atoms with van der Waals surface area (Å²) < 4.78 is 5.36. The van der Waals surface area contributed by atoms with Gasteiger partial charge in [0, 0.05) is 22.4 Å². The Kier molecular flexibility index (Phi) is 7.81. The lowest BCUT2D eigenvalue weighted by Crippen LogP contribution is -2.11. The van der Waals surface area contributed by atoms with E-state index < -0.39 is 5.97 Å². The van der Waals surface area contributed by atoms with Crippen molar-refractivity contribution in [3.8, 4) is 27.4 Å². The van der Waals surface area contributed by atoms with E-state index in [0.717, 1.165) is 45.4 Å². The fourth-order valence-corrected chi connectivity index (χ4v) is 6.52. The third-order valence-electron chi connectivity index (χ3n) is 6.19. The summed E-state index contributed by atoms with van der Waals surface area (Å²) in [6.45, 7) is 8.73. The number of carbonyl (C=O) groups is 1. The lowest BCUT2D eigenvalue weighted by atomic mass is 9.99. The van der Waals surface area contributed by atoms with Crippen molar-refractivity contribution in [2.75, 3.05) is 19.1 Å². The number of hydrogen-bond donors (Lipinski definition) is 1. The number of anilines is 2. The molecule has 0 unspecified atom stereocenters. The number of benzene rings is 2. The molecule has 0 aliphatic rings. The van der Waals surface area contributed by atoms with Gasteiger partial charge in [-0.15, -0.1) is 22.7 Å². The summed E-state index contributed by atoms with van der Waals surface area (Å²) in [5, 5.41) is 10.8. The van der Waals surface area contributed by atoms with E-state index in [-0.39, 0.29) is 0 Å². The normalized spacial score (nSPS) is 11.2. The molecule has 1 N–H and O–H groups in total. The molecule has 5 nitrogen and oxygen atoms in total. The van der Waals surface area contributed by atoms with Crippen LogP contribution in [0.2, 0.25) is 0 Å². The number of rotatable bonds is 9. The average Bonchev–Trinajstić information content (AvgIpc) is 3.49. The predicted octanol–water partition coefficient (Wildman–Crippen LogP) is 8.08. The van der Waals surface area contributed by atoms with Crippen LogP contribution in [0.25, 0.3) is 21.7 Å². The third-order valence-corrected chi connectivity index (χ3v) is 8.51. The number of aromatic carboxylic acids is 1. The summed E-state index contributed by atoms with van der Waals surface area (Å²) >= 11 is 2.91. The van der Waals surface area contributed by atoms with E-state index in [1.165, 1.54) is 27.3 Å². The summed E-state index contributed by atoms with van der Waals surface area (Å²) in [5.74, 6) is 0.273. The van der Waals surface area contributed by atoms with Crippen molar-refractivity contribution in [1.29, 1.82) is 0 Å². The van der Waals surface area contributed by atoms with Crippen molar-refractivity contribution in [1.82, 2.24) is 4.98 Å². The summed E-state index contributed by atoms with van der Waals surface area (Å²) in [6.07, 6.45) is 1.89. The zero-order valence-electron chi connectivity index (χ0n) is 21.6. The lowest BCUT2D eigenvalue weighted by molar-refractivity contribution is 0.0703. The molecule has 0 spiro atoms. The van der Waals surface area contributed by atoms with E-state index in [1.807, 2.05) is 42.3 Å². The third kappa shape index (κ3) is 5.32. The first-order valence-electron chi connectivity index (χ1n) is 12.1. The van der Waals surface area contributed by atoms with Crippen molar-refractivity contribution in [3.05, 3.63) is 69.4 Å². The number of aryl methyl sites for hydroxylation is 2. The van der Waals surface area contributed by atoms with Gasteiger partial charge in [0.15, 0.2) is 5.13 Å². The maximum atomic E-state index is 12.2. The van der Waals surface area contributed by atoms with Gasteiger partial charge in [0.1, 0.15) is 10.6 Å². The first-order chi connectivity index (χ1) is 17.2. The van der Waals surface area contributed by atoms with Crippen molar-refractivity contribution >= 4 is 39.5 Å². The highest BCUT2D eigenvalue weighted by Crippen LogP contribution is 2.43. The molecular formula is C29H32N2O3S2. The Balaban J connectivity index is 1.79. The first-order valence-corrected chi connectivity index (χ1v) is 13.7. The Bertz CT molecular complexity index is 1390. The molecule has 0 saturated carbocycles. The predicted molar refractivity (Wildman–Crippen MR) is 152 cm³/mol. The molecule has 2 aromatic heterocycles. The van der Waals surface area contributed by atoms with Gasteiger partial charge in [0.2, 0.25) is 0 Å². The highest BCUT2D eigenvalue weighted by Gasteiger charge is 2.24. The second kappa shape index (κ2) is 10.8.